The second kappa shape index (κ2) is 10.0. The number of ether oxygens (including phenoxy) is 4. The van der Waals surface area contributed by atoms with Gasteiger partial charge in [-0.25, -0.2) is 4.79 Å². The van der Waals surface area contributed by atoms with Crippen molar-refractivity contribution in [2.24, 2.45) is 5.10 Å². The van der Waals surface area contributed by atoms with Crippen LogP contribution in [0, 0.1) is 0 Å². The average Bonchev–Trinajstić information content (AvgIpc) is 3.26. The van der Waals surface area contributed by atoms with Crippen molar-refractivity contribution in [1.29, 1.82) is 0 Å². The molecule has 0 bridgehead atoms. The number of carbonyl (C=O) groups is 1. The molecule has 0 atom stereocenters. The zero-order valence-corrected chi connectivity index (χ0v) is 16.9. The average molecular weight is 410 g/mol. The Morgan fingerprint density at radius 1 is 1.03 bits per heavy atom. The van der Waals surface area contributed by atoms with E-state index in [0.29, 0.717) is 23.0 Å². The number of benzene rings is 2. The molecule has 0 fully saturated rings. The summed E-state index contributed by atoms with van der Waals surface area (Å²) in [7, 11) is 4.36. The Kier molecular flexibility index (Phi) is 6.94. The van der Waals surface area contributed by atoms with Crippen molar-refractivity contribution in [3.63, 3.8) is 0 Å². The molecule has 2 aromatic carbocycles. The van der Waals surface area contributed by atoms with Crippen molar-refractivity contribution in [3.8, 4) is 17.2 Å². The van der Waals surface area contributed by atoms with E-state index in [9.17, 15) is 4.79 Å². The molecule has 1 N–H and O–H groups in total. The van der Waals surface area contributed by atoms with Gasteiger partial charge in [0.05, 0.1) is 33.2 Å². The Morgan fingerprint density at radius 2 is 1.73 bits per heavy atom. The fourth-order valence-corrected chi connectivity index (χ4v) is 2.62. The molecule has 0 aliphatic carbocycles. The van der Waals surface area contributed by atoms with Crippen LogP contribution >= 0.6 is 0 Å². The highest BCUT2D eigenvalue weighted by molar-refractivity contribution is 5.86. The number of furan rings is 1. The Morgan fingerprint density at radius 3 is 2.37 bits per heavy atom. The van der Waals surface area contributed by atoms with Crippen LogP contribution in [0.5, 0.6) is 17.2 Å². The van der Waals surface area contributed by atoms with Crippen LogP contribution in [0.3, 0.4) is 0 Å². The molecule has 1 aromatic heterocycles. The smallest absolute Gasteiger partial charge is 0.373 e. The number of hydrazone groups is 1. The minimum absolute atomic E-state index is 0.0761. The van der Waals surface area contributed by atoms with Crippen LogP contribution in [-0.2, 0) is 11.3 Å². The molecule has 0 spiro atoms. The maximum absolute atomic E-state index is 11.5. The first kappa shape index (κ1) is 20.8. The molecule has 0 radical (unpaired) electrons. The highest BCUT2D eigenvalue weighted by atomic mass is 16.5. The molecule has 0 aliphatic rings. The summed E-state index contributed by atoms with van der Waals surface area (Å²) in [6.45, 7) is 0.0761. The molecule has 0 saturated heterocycles. The van der Waals surface area contributed by atoms with E-state index < -0.39 is 5.97 Å². The third-order valence-electron chi connectivity index (χ3n) is 4.07. The predicted octanol–water partition coefficient (Wildman–Crippen LogP) is 4.11. The predicted molar refractivity (Wildman–Crippen MR) is 112 cm³/mol. The number of nitrogens with one attached hydrogen (secondary N) is 1. The van der Waals surface area contributed by atoms with Crippen LogP contribution in [0.4, 0.5) is 5.69 Å². The molecular formula is C22H22N2O6. The fraction of sp³-hybridized carbons (Fsp3) is 0.182. The summed E-state index contributed by atoms with van der Waals surface area (Å²) in [6, 6.07) is 16.3. The summed E-state index contributed by atoms with van der Waals surface area (Å²) in [5.41, 5.74) is 4.58. The van der Waals surface area contributed by atoms with E-state index in [2.05, 4.69) is 15.3 Å². The van der Waals surface area contributed by atoms with Gasteiger partial charge in [0.1, 0.15) is 12.4 Å². The first-order chi connectivity index (χ1) is 14.6. The van der Waals surface area contributed by atoms with Gasteiger partial charge in [0.15, 0.2) is 11.5 Å². The van der Waals surface area contributed by atoms with E-state index in [4.69, 9.17) is 18.6 Å². The Labute approximate surface area is 174 Å². The van der Waals surface area contributed by atoms with Crippen molar-refractivity contribution in [2.45, 2.75) is 6.61 Å². The van der Waals surface area contributed by atoms with Crippen molar-refractivity contribution in [2.75, 3.05) is 26.8 Å². The zero-order chi connectivity index (χ0) is 21.3. The van der Waals surface area contributed by atoms with Gasteiger partial charge in [0.2, 0.25) is 11.5 Å². The molecular weight excluding hydrogens is 388 g/mol. The maximum Gasteiger partial charge on any atom is 0.373 e. The normalized spacial score (nSPS) is 10.6. The molecule has 3 aromatic rings. The van der Waals surface area contributed by atoms with Gasteiger partial charge in [-0.15, -0.1) is 0 Å². The first-order valence-corrected chi connectivity index (χ1v) is 9.04. The molecule has 0 aliphatic heterocycles. The quantitative estimate of drug-likeness (QED) is 0.322. The number of anilines is 1. The lowest BCUT2D eigenvalue weighted by molar-refractivity contribution is 0.0560. The van der Waals surface area contributed by atoms with Gasteiger partial charge in [-0.1, -0.05) is 18.2 Å². The van der Waals surface area contributed by atoms with E-state index in [1.165, 1.54) is 27.4 Å². The topological polar surface area (TPSA) is 91.5 Å². The maximum atomic E-state index is 11.5. The summed E-state index contributed by atoms with van der Waals surface area (Å²) < 4.78 is 26.8. The standard InChI is InChI=1S/C22H22N2O6/c1-26-19-11-15(13-23-24-16-7-5-4-6-8-16)12-20(27-2)21(19)29-14-17-9-10-18(30-17)22(25)28-3/h4-13,24H,14H2,1-3H3. The fourth-order valence-electron chi connectivity index (χ4n) is 2.62. The Bertz CT molecular complexity index is 988. The van der Waals surface area contributed by atoms with Crippen molar-refractivity contribution >= 4 is 17.9 Å². The second-order valence-electron chi connectivity index (χ2n) is 6.04. The van der Waals surface area contributed by atoms with Crippen LogP contribution in [0.15, 0.2) is 64.1 Å². The van der Waals surface area contributed by atoms with Crippen molar-refractivity contribution < 1.29 is 28.2 Å². The summed E-state index contributed by atoms with van der Waals surface area (Å²) in [6.07, 6.45) is 1.65. The van der Waals surface area contributed by atoms with Crippen LogP contribution < -0.4 is 19.6 Å². The van der Waals surface area contributed by atoms with E-state index in [1.54, 1.807) is 24.4 Å². The highest BCUT2D eigenvalue weighted by Crippen LogP contribution is 2.38. The van der Waals surface area contributed by atoms with Crippen molar-refractivity contribution in [1.82, 2.24) is 0 Å². The summed E-state index contributed by atoms with van der Waals surface area (Å²) in [5.74, 6) is 1.35. The third-order valence-corrected chi connectivity index (χ3v) is 4.07. The molecule has 8 heteroatoms. The molecule has 30 heavy (non-hydrogen) atoms. The molecule has 3 rings (SSSR count). The molecule has 0 saturated carbocycles. The largest absolute Gasteiger partial charge is 0.493 e. The molecule has 0 unspecified atom stereocenters. The second-order valence-corrected chi connectivity index (χ2v) is 6.04. The molecule has 1 heterocycles. The lowest BCUT2D eigenvalue weighted by atomic mass is 10.2. The van der Waals surface area contributed by atoms with Gasteiger partial charge >= 0.3 is 5.97 Å². The van der Waals surface area contributed by atoms with Gasteiger partial charge in [-0.2, -0.15) is 5.10 Å². The van der Waals surface area contributed by atoms with Crippen molar-refractivity contribution in [3.05, 3.63) is 71.7 Å². The highest BCUT2D eigenvalue weighted by Gasteiger charge is 2.16. The molecule has 156 valence electrons. The number of rotatable bonds is 9. The van der Waals surface area contributed by atoms with E-state index in [-0.39, 0.29) is 12.4 Å². The molecule has 8 nitrogen and oxygen atoms in total. The Balaban J connectivity index is 1.74. The number of nitrogens with zero attached hydrogens (tertiary/aromatic N) is 1. The number of carbonyl (C=O) groups excluding carboxylic acids is 1. The summed E-state index contributed by atoms with van der Waals surface area (Å²) in [5, 5.41) is 4.23. The third kappa shape index (κ3) is 5.11. The first-order valence-electron chi connectivity index (χ1n) is 9.04. The number of hydrogen-bond acceptors (Lipinski definition) is 8. The number of methoxy groups -OCH3 is 3. The molecule has 0 amide bonds. The lowest BCUT2D eigenvalue weighted by Crippen LogP contribution is -2.01. The number of esters is 1. The van der Waals surface area contributed by atoms with Crippen LogP contribution in [-0.4, -0.2) is 33.5 Å². The lowest BCUT2D eigenvalue weighted by Gasteiger charge is -2.14. The van der Waals surface area contributed by atoms with E-state index >= 15 is 0 Å². The summed E-state index contributed by atoms with van der Waals surface area (Å²) >= 11 is 0. The van der Waals surface area contributed by atoms with Gasteiger partial charge in [-0.05, 0) is 36.4 Å². The van der Waals surface area contributed by atoms with E-state index in [0.717, 1.165) is 11.3 Å². The monoisotopic (exact) mass is 410 g/mol. The van der Waals surface area contributed by atoms with Crippen LogP contribution in [0.25, 0.3) is 0 Å². The Hall–Kier alpha value is -3.94. The van der Waals surface area contributed by atoms with Crippen LogP contribution in [0.1, 0.15) is 21.9 Å². The minimum atomic E-state index is -0.552. The zero-order valence-electron chi connectivity index (χ0n) is 16.9. The van der Waals surface area contributed by atoms with Crippen LogP contribution in [0.2, 0.25) is 0 Å². The number of para-hydroxylation sites is 1. The summed E-state index contributed by atoms with van der Waals surface area (Å²) in [4.78, 5) is 11.5. The van der Waals surface area contributed by atoms with Gasteiger partial charge in [-0.3, -0.25) is 5.43 Å². The SMILES string of the molecule is COC(=O)c1ccc(COc2c(OC)cc(C=NNc3ccccc3)cc2OC)o1. The van der Waals surface area contributed by atoms with Gasteiger partial charge in [0.25, 0.3) is 0 Å². The number of hydrogen-bond donors (Lipinski definition) is 1. The minimum Gasteiger partial charge on any atom is -0.493 e. The van der Waals surface area contributed by atoms with Gasteiger partial charge < -0.3 is 23.4 Å². The van der Waals surface area contributed by atoms with Gasteiger partial charge in [0, 0.05) is 5.56 Å². The van der Waals surface area contributed by atoms with E-state index in [1.807, 2.05) is 30.3 Å².